The van der Waals surface area contributed by atoms with E-state index in [2.05, 4.69) is 5.32 Å². The third-order valence-electron chi connectivity index (χ3n) is 2.42. The second-order valence-corrected chi connectivity index (χ2v) is 3.64. The van der Waals surface area contributed by atoms with Crippen molar-refractivity contribution >= 4 is 11.4 Å². The number of hydrogen-bond donors (Lipinski definition) is 2. The van der Waals surface area contributed by atoms with E-state index in [1.807, 2.05) is 12.2 Å². The van der Waals surface area contributed by atoms with E-state index in [-0.39, 0.29) is 17.4 Å². The highest BCUT2D eigenvalue weighted by molar-refractivity contribution is 5.54. The lowest BCUT2D eigenvalue weighted by Gasteiger charge is -2.15. The Labute approximate surface area is 86.8 Å². The van der Waals surface area contributed by atoms with Crippen LogP contribution in [-0.4, -0.2) is 6.04 Å². The van der Waals surface area contributed by atoms with Gasteiger partial charge in [0, 0.05) is 11.7 Å². The summed E-state index contributed by atoms with van der Waals surface area (Å²) in [4.78, 5) is 0. The molecular formula is C11H12F2N2. The summed E-state index contributed by atoms with van der Waals surface area (Å²) in [7, 11) is 0. The third-order valence-corrected chi connectivity index (χ3v) is 2.42. The lowest BCUT2D eigenvalue weighted by Crippen LogP contribution is -2.17. The molecule has 4 heteroatoms. The molecule has 0 unspecified atom stereocenters. The summed E-state index contributed by atoms with van der Waals surface area (Å²) >= 11 is 0. The predicted octanol–water partition coefficient (Wildman–Crippen LogP) is 2.68. The van der Waals surface area contributed by atoms with Gasteiger partial charge < -0.3 is 11.1 Å². The topological polar surface area (TPSA) is 38.0 Å². The molecule has 0 radical (unpaired) electrons. The van der Waals surface area contributed by atoms with Gasteiger partial charge in [0.1, 0.15) is 5.69 Å². The van der Waals surface area contributed by atoms with Gasteiger partial charge in [-0.2, -0.15) is 0 Å². The molecule has 1 aliphatic rings. The molecule has 0 aliphatic heterocycles. The summed E-state index contributed by atoms with van der Waals surface area (Å²) < 4.78 is 26.7. The Bertz CT molecular complexity index is 371. The van der Waals surface area contributed by atoms with E-state index in [4.69, 9.17) is 5.73 Å². The van der Waals surface area contributed by atoms with Crippen molar-refractivity contribution in [1.82, 2.24) is 0 Å². The number of hydrogen-bond acceptors (Lipinski definition) is 2. The first-order valence-electron chi connectivity index (χ1n) is 4.83. The zero-order valence-corrected chi connectivity index (χ0v) is 8.13. The Morgan fingerprint density at radius 1 is 1.13 bits per heavy atom. The van der Waals surface area contributed by atoms with Crippen LogP contribution in [0.2, 0.25) is 0 Å². The fraction of sp³-hybridized carbons (Fsp3) is 0.273. The van der Waals surface area contributed by atoms with E-state index in [9.17, 15) is 8.78 Å². The monoisotopic (exact) mass is 210 g/mol. The fourth-order valence-corrected chi connectivity index (χ4v) is 1.67. The first kappa shape index (κ1) is 9.96. The minimum absolute atomic E-state index is 0.0811. The predicted molar refractivity (Wildman–Crippen MR) is 56.6 cm³/mol. The average Bonchev–Trinajstić information content (AvgIpc) is 2.63. The number of benzene rings is 1. The van der Waals surface area contributed by atoms with Crippen molar-refractivity contribution in [2.45, 2.75) is 18.9 Å². The molecule has 0 heterocycles. The Hall–Kier alpha value is -1.58. The second kappa shape index (κ2) is 3.88. The molecule has 3 N–H and O–H groups in total. The van der Waals surface area contributed by atoms with Gasteiger partial charge in [-0.05, 0) is 25.0 Å². The molecule has 0 saturated heterocycles. The lowest BCUT2D eigenvalue weighted by atomic mass is 10.2. The number of halogens is 2. The quantitative estimate of drug-likeness (QED) is 0.581. The minimum Gasteiger partial charge on any atom is -0.399 e. The largest absolute Gasteiger partial charge is 0.399 e. The summed E-state index contributed by atoms with van der Waals surface area (Å²) in [6.07, 6.45) is 5.57. The van der Waals surface area contributed by atoms with Crippen LogP contribution < -0.4 is 11.1 Å². The third kappa shape index (κ3) is 2.09. The number of anilines is 2. The maximum Gasteiger partial charge on any atom is 0.151 e. The van der Waals surface area contributed by atoms with Gasteiger partial charge in [0.15, 0.2) is 11.6 Å². The van der Waals surface area contributed by atoms with Crippen LogP contribution in [0.5, 0.6) is 0 Å². The van der Waals surface area contributed by atoms with Crippen molar-refractivity contribution in [1.29, 1.82) is 0 Å². The molecule has 1 aliphatic carbocycles. The molecule has 0 fully saturated rings. The maximum atomic E-state index is 13.4. The zero-order valence-electron chi connectivity index (χ0n) is 8.13. The Morgan fingerprint density at radius 3 is 2.20 bits per heavy atom. The average molecular weight is 210 g/mol. The molecule has 0 saturated carbocycles. The summed E-state index contributed by atoms with van der Waals surface area (Å²) in [6.45, 7) is 0. The highest BCUT2D eigenvalue weighted by Crippen LogP contribution is 2.25. The lowest BCUT2D eigenvalue weighted by molar-refractivity contribution is 0.583. The van der Waals surface area contributed by atoms with Crippen LogP contribution in [0.15, 0.2) is 24.3 Å². The van der Waals surface area contributed by atoms with Crippen LogP contribution in [0.1, 0.15) is 12.8 Å². The van der Waals surface area contributed by atoms with Crippen LogP contribution in [0.25, 0.3) is 0 Å². The van der Waals surface area contributed by atoms with E-state index < -0.39 is 11.6 Å². The van der Waals surface area contributed by atoms with E-state index in [0.29, 0.717) is 0 Å². The molecule has 0 aromatic heterocycles. The van der Waals surface area contributed by atoms with Gasteiger partial charge in [0.2, 0.25) is 0 Å². The molecule has 15 heavy (non-hydrogen) atoms. The van der Waals surface area contributed by atoms with Crippen LogP contribution in [-0.2, 0) is 0 Å². The van der Waals surface area contributed by atoms with Gasteiger partial charge in [0.25, 0.3) is 0 Å². The van der Waals surface area contributed by atoms with E-state index >= 15 is 0 Å². The molecule has 2 rings (SSSR count). The van der Waals surface area contributed by atoms with E-state index in [1.54, 1.807) is 0 Å². The van der Waals surface area contributed by atoms with E-state index in [0.717, 1.165) is 25.0 Å². The molecule has 1 aromatic rings. The van der Waals surface area contributed by atoms with Crippen molar-refractivity contribution in [3.8, 4) is 0 Å². The summed E-state index contributed by atoms with van der Waals surface area (Å²) in [5.74, 6) is -1.28. The Kier molecular flexibility index (Phi) is 2.58. The van der Waals surface area contributed by atoms with Crippen LogP contribution >= 0.6 is 0 Å². The van der Waals surface area contributed by atoms with Crippen molar-refractivity contribution in [3.63, 3.8) is 0 Å². The summed E-state index contributed by atoms with van der Waals surface area (Å²) in [5, 5.41) is 2.84. The van der Waals surface area contributed by atoms with Crippen LogP contribution in [0.3, 0.4) is 0 Å². The van der Waals surface area contributed by atoms with Crippen LogP contribution in [0, 0.1) is 11.6 Å². The standard InChI is InChI=1S/C11H12F2N2/c12-9-5-7(14)6-10(13)11(9)15-8-3-1-2-4-8/h1-2,5-6,8,15H,3-4,14H2. The summed E-state index contributed by atoms with van der Waals surface area (Å²) in [5.41, 5.74) is 5.33. The van der Waals surface area contributed by atoms with Crippen molar-refractivity contribution in [2.75, 3.05) is 11.1 Å². The number of nitrogens with one attached hydrogen (secondary N) is 1. The SMILES string of the molecule is Nc1cc(F)c(NC2CC=CC2)c(F)c1. The summed E-state index contributed by atoms with van der Waals surface area (Å²) in [6, 6.07) is 2.32. The van der Waals surface area contributed by atoms with Crippen molar-refractivity contribution < 1.29 is 8.78 Å². The molecule has 0 atom stereocenters. The number of rotatable bonds is 2. The van der Waals surface area contributed by atoms with Gasteiger partial charge in [-0.15, -0.1) is 0 Å². The molecule has 2 nitrogen and oxygen atoms in total. The number of nitrogen functional groups attached to an aromatic ring is 1. The smallest absolute Gasteiger partial charge is 0.151 e. The van der Waals surface area contributed by atoms with Gasteiger partial charge in [-0.25, -0.2) is 8.78 Å². The highest BCUT2D eigenvalue weighted by Gasteiger charge is 2.15. The van der Waals surface area contributed by atoms with Crippen LogP contribution in [0.4, 0.5) is 20.2 Å². The molecule has 0 spiro atoms. The molecule has 1 aromatic carbocycles. The van der Waals surface area contributed by atoms with Crippen molar-refractivity contribution in [2.24, 2.45) is 0 Å². The van der Waals surface area contributed by atoms with Gasteiger partial charge in [0.05, 0.1) is 0 Å². The maximum absolute atomic E-state index is 13.4. The fourth-order valence-electron chi connectivity index (χ4n) is 1.67. The molecule has 0 bridgehead atoms. The zero-order chi connectivity index (χ0) is 10.8. The normalized spacial score (nSPS) is 15.9. The number of nitrogens with two attached hydrogens (primary N) is 1. The van der Waals surface area contributed by atoms with Gasteiger partial charge in [-0.3, -0.25) is 0 Å². The molecule has 80 valence electrons. The first-order valence-corrected chi connectivity index (χ1v) is 4.83. The molecule has 0 amide bonds. The second-order valence-electron chi connectivity index (χ2n) is 3.64. The first-order chi connectivity index (χ1) is 7.16. The minimum atomic E-state index is -0.639. The van der Waals surface area contributed by atoms with Crippen molar-refractivity contribution in [3.05, 3.63) is 35.9 Å². The van der Waals surface area contributed by atoms with Gasteiger partial charge >= 0.3 is 0 Å². The van der Waals surface area contributed by atoms with Gasteiger partial charge in [-0.1, -0.05) is 12.2 Å². The molecular weight excluding hydrogens is 198 g/mol. The van der Waals surface area contributed by atoms with E-state index in [1.165, 1.54) is 0 Å². The highest BCUT2D eigenvalue weighted by atomic mass is 19.1. The Morgan fingerprint density at radius 2 is 1.67 bits per heavy atom. The Balaban J connectivity index is 2.20.